The summed E-state index contributed by atoms with van der Waals surface area (Å²) in [5.41, 5.74) is 0.877. The summed E-state index contributed by atoms with van der Waals surface area (Å²) in [5, 5.41) is 10.7. The maximum atomic E-state index is 12.2. The number of aromatic amines is 1. The molecule has 2 amide bonds. The van der Waals surface area contributed by atoms with E-state index in [9.17, 15) is 9.59 Å². The van der Waals surface area contributed by atoms with Crippen molar-refractivity contribution in [2.45, 2.75) is 12.8 Å². The minimum Gasteiger partial charge on any atom is -0.346 e. The van der Waals surface area contributed by atoms with Crippen LogP contribution in [0, 0.1) is 5.92 Å². The third-order valence-electron chi connectivity index (χ3n) is 3.74. The standard InChI is InChI=1S/C14H16N4O2/c1-18-7-6-9(8-12(18)19)14(20)15-13-10-4-2-3-5-11(10)16-17-13/h2-5,9H,6-8H2,1H3,(H2,15,16,17,20)/t9-/m1/s1. The summed E-state index contributed by atoms with van der Waals surface area (Å²) in [5.74, 6) is 0.137. The number of rotatable bonds is 2. The van der Waals surface area contributed by atoms with Gasteiger partial charge in [-0.2, -0.15) is 5.10 Å². The Labute approximate surface area is 116 Å². The van der Waals surface area contributed by atoms with Gasteiger partial charge >= 0.3 is 0 Å². The van der Waals surface area contributed by atoms with Crippen LogP contribution in [-0.2, 0) is 9.59 Å². The van der Waals surface area contributed by atoms with Gasteiger partial charge in [-0.3, -0.25) is 14.7 Å². The predicted octanol–water partition coefficient (Wildman–Crippen LogP) is 1.37. The smallest absolute Gasteiger partial charge is 0.229 e. The predicted molar refractivity (Wildman–Crippen MR) is 75.1 cm³/mol. The van der Waals surface area contributed by atoms with Crippen LogP contribution in [0.3, 0.4) is 0 Å². The first-order chi connectivity index (χ1) is 9.65. The van der Waals surface area contributed by atoms with Gasteiger partial charge in [-0.1, -0.05) is 12.1 Å². The van der Waals surface area contributed by atoms with E-state index < -0.39 is 0 Å². The van der Waals surface area contributed by atoms with Crippen molar-refractivity contribution in [3.8, 4) is 0 Å². The summed E-state index contributed by atoms with van der Waals surface area (Å²) in [6.45, 7) is 0.623. The molecular formula is C14H16N4O2. The van der Waals surface area contributed by atoms with E-state index >= 15 is 0 Å². The van der Waals surface area contributed by atoms with Crippen LogP contribution in [-0.4, -0.2) is 40.5 Å². The molecule has 1 aromatic carbocycles. The van der Waals surface area contributed by atoms with Gasteiger partial charge in [0.25, 0.3) is 0 Å². The van der Waals surface area contributed by atoms with Gasteiger partial charge in [0, 0.05) is 31.3 Å². The van der Waals surface area contributed by atoms with Crippen LogP contribution in [0.2, 0.25) is 0 Å². The number of fused-ring (bicyclic) bond motifs is 1. The van der Waals surface area contributed by atoms with Crippen molar-refractivity contribution in [3.05, 3.63) is 24.3 Å². The minimum atomic E-state index is -0.269. The molecule has 1 aromatic heterocycles. The Bertz CT molecular complexity index is 664. The van der Waals surface area contributed by atoms with Crippen molar-refractivity contribution in [2.75, 3.05) is 18.9 Å². The molecule has 2 N–H and O–H groups in total. The van der Waals surface area contributed by atoms with Crippen molar-refractivity contribution in [2.24, 2.45) is 5.92 Å². The fourth-order valence-corrected chi connectivity index (χ4v) is 2.44. The highest BCUT2D eigenvalue weighted by molar-refractivity contribution is 6.01. The van der Waals surface area contributed by atoms with E-state index in [4.69, 9.17) is 0 Å². The number of H-pyrrole nitrogens is 1. The summed E-state index contributed by atoms with van der Waals surface area (Å²) in [7, 11) is 1.76. The number of carbonyl (C=O) groups excluding carboxylic acids is 2. The minimum absolute atomic E-state index is 0.0169. The number of benzene rings is 1. The largest absolute Gasteiger partial charge is 0.346 e. The van der Waals surface area contributed by atoms with Crippen LogP contribution in [0.4, 0.5) is 5.82 Å². The first kappa shape index (κ1) is 12.7. The van der Waals surface area contributed by atoms with Crippen molar-refractivity contribution in [1.82, 2.24) is 15.1 Å². The quantitative estimate of drug-likeness (QED) is 0.866. The molecule has 1 atom stereocenters. The van der Waals surface area contributed by atoms with E-state index in [1.54, 1.807) is 11.9 Å². The lowest BCUT2D eigenvalue weighted by molar-refractivity contribution is -0.137. The average molecular weight is 272 g/mol. The Morgan fingerprint density at radius 3 is 3.05 bits per heavy atom. The fraction of sp³-hybridized carbons (Fsp3) is 0.357. The lowest BCUT2D eigenvalue weighted by Crippen LogP contribution is -2.39. The number of aromatic nitrogens is 2. The van der Waals surface area contributed by atoms with Crippen LogP contribution in [0.15, 0.2) is 24.3 Å². The van der Waals surface area contributed by atoms with Crippen LogP contribution < -0.4 is 5.32 Å². The van der Waals surface area contributed by atoms with Gasteiger partial charge in [-0.15, -0.1) is 0 Å². The number of nitrogens with zero attached hydrogens (tertiary/aromatic N) is 2. The molecule has 0 radical (unpaired) electrons. The van der Waals surface area contributed by atoms with Gasteiger partial charge in [-0.05, 0) is 18.6 Å². The molecule has 6 heteroatoms. The molecule has 1 aliphatic heterocycles. The highest BCUT2D eigenvalue weighted by Crippen LogP contribution is 2.23. The van der Waals surface area contributed by atoms with Crippen LogP contribution >= 0.6 is 0 Å². The number of piperidine rings is 1. The number of nitrogens with one attached hydrogen (secondary N) is 2. The van der Waals surface area contributed by atoms with Gasteiger partial charge in [0.15, 0.2) is 5.82 Å². The molecule has 3 rings (SSSR count). The van der Waals surface area contributed by atoms with Gasteiger partial charge in [0.1, 0.15) is 0 Å². The summed E-state index contributed by atoms with van der Waals surface area (Å²) in [4.78, 5) is 25.5. The van der Waals surface area contributed by atoms with E-state index in [1.165, 1.54) is 0 Å². The summed E-state index contributed by atoms with van der Waals surface area (Å²) < 4.78 is 0. The number of para-hydroxylation sites is 1. The van der Waals surface area contributed by atoms with E-state index in [2.05, 4.69) is 15.5 Å². The molecule has 0 spiro atoms. The molecule has 2 aromatic rings. The fourth-order valence-electron chi connectivity index (χ4n) is 2.44. The molecule has 104 valence electrons. The first-order valence-electron chi connectivity index (χ1n) is 6.63. The number of likely N-dealkylation sites (tertiary alicyclic amines) is 1. The van der Waals surface area contributed by atoms with Crippen molar-refractivity contribution in [1.29, 1.82) is 0 Å². The van der Waals surface area contributed by atoms with E-state index in [0.29, 0.717) is 18.8 Å². The molecule has 1 aliphatic rings. The highest BCUT2D eigenvalue weighted by atomic mass is 16.2. The number of hydrogen-bond donors (Lipinski definition) is 2. The lowest BCUT2D eigenvalue weighted by atomic mass is 9.95. The molecule has 0 aliphatic carbocycles. The maximum Gasteiger partial charge on any atom is 0.229 e. The number of hydrogen-bond acceptors (Lipinski definition) is 3. The van der Waals surface area contributed by atoms with Gasteiger partial charge < -0.3 is 10.2 Å². The second kappa shape index (κ2) is 4.96. The van der Waals surface area contributed by atoms with Gasteiger partial charge in [0.05, 0.1) is 5.52 Å². The van der Waals surface area contributed by atoms with Crippen LogP contribution in [0.25, 0.3) is 10.9 Å². The van der Waals surface area contributed by atoms with E-state index in [-0.39, 0.29) is 24.2 Å². The molecule has 1 fully saturated rings. The summed E-state index contributed by atoms with van der Waals surface area (Å²) >= 11 is 0. The second-order valence-electron chi connectivity index (χ2n) is 5.11. The SMILES string of the molecule is CN1CC[C@@H](C(=O)Nc2n[nH]c3ccccc23)CC1=O. The Hall–Kier alpha value is -2.37. The molecule has 20 heavy (non-hydrogen) atoms. The molecule has 0 unspecified atom stereocenters. The molecule has 0 bridgehead atoms. The molecule has 1 saturated heterocycles. The zero-order valence-corrected chi connectivity index (χ0v) is 11.2. The normalized spacial score (nSPS) is 19.4. The Morgan fingerprint density at radius 1 is 1.45 bits per heavy atom. The van der Waals surface area contributed by atoms with Crippen LogP contribution in [0.5, 0.6) is 0 Å². The first-order valence-corrected chi connectivity index (χ1v) is 6.63. The highest BCUT2D eigenvalue weighted by Gasteiger charge is 2.29. The van der Waals surface area contributed by atoms with E-state index in [0.717, 1.165) is 10.9 Å². The third-order valence-corrected chi connectivity index (χ3v) is 3.74. The molecule has 0 saturated carbocycles. The van der Waals surface area contributed by atoms with Crippen molar-refractivity contribution in [3.63, 3.8) is 0 Å². The Morgan fingerprint density at radius 2 is 2.25 bits per heavy atom. The topological polar surface area (TPSA) is 78.1 Å². The average Bonchev–Trinajstić information content (AvgIpc) is 2.85. The summed E-state index contributed by atoms with van der Waals surface area (Å²) in [6.07, 6.45) is 0.959. The second-order valence-corrected chi connectivity index (χ2v) is 5.11. The zero-order valence-electron chi connectivity index (χ0n) is 11.2. The van der Waals surface area contributed by atoms with E-state index in [1.807, 2.05) is 24.3 Å². The van der Waals surface area contributed by atoms with Gasteiger partial charge in [0.2, 0.25) is 11.8 Å². The maximum absolute atomic E-state index is 12.2. The third kappa shape index (κ3) is 2.24. The van der Waals surface area contributed by atoms with Crippen molar-refractivity contribution >= 4 is 28.5 Å². The molecular weight excluding hydrogens is 256 g/mol. The van der Waals surface area contributed by atoms with Gasteiger partial charge in [-0.25, -0.2) is 0 Å². The Balaban J connectivity index is 1.74. The number of carbonyl (C=O) groups is 2. The molecule has 6 nitrogen and oxygen atoms in total. The number of amides is 2. The monoisotopic (exact) mass is 272 g/mol. The number of anilines is 1. The van der Waals surface area contributed by atoms with Crippen LogP contribution in [0.1, 0.15) is 12.8 Å². The Kier molecular flexibility index (Phi) is 3.14. The lowest BCUT2D eigenvalue weighted by Gasteiger charge is -2.27. The van der Waals surface area contributed by atoms with Crippen molar-refractivity contribution < 1.29 is 9.59 Å². The molecule has 2 heterocycles. The summed E-state index contributed by atoms with van der Waals surface area (Å²) in [6, 6.07) is 7.60. The zero-order chi connectivity index (χ0) is 14.1.